The van der Waals surface area contributed by atoms with E-state index in [9.17, 15) is 9.59 Å². The second kappa shape index (κ2) is 6.15. The van der Waals surface area contributed by atoms with Crippen LogP contribution in [0.3, 0.4) is 0 Å². The fourth-order valence-electron chi connectivity index (χ4n) is 2.14. The monoisotopic (exact) mass is 314 g/mol. The normalized spacial score (nSPS) is 16.5. The zero-order valence-electron chi connectivity index (χ0n) is 11.9. The number of carbonyl (C=O) groups excluding carboxylic acids is 2. The Labute approximate surface area is 131 Å². The zero-order chi connectivity index (χ0) is 15.5. The highest BCUT2D eigenvalue weighted by molar-refractivity contribution is 8.15. The molecule has 7 heteroatoms. The lowest BCUT2D eigenvalue weighted by molar-refractivity contribution is -0.123. The van der Waals surface area contributed by atoms with Gasteiger partial charge in [-0.25, -0.2) is 10.4 Å². The Hall–Kier alpha value is -2.41. The van der Waals surface area contributed by atoms with Crippen molar-refractivity contribution in [3.63, 3.8) is 0 Å². The number of amides is 2. The van der Waals surface area contributed by atoms with E-state index >= 15 is 0 Å². The van der Waals surface area contributed by atoms with Crippen LogP contribution in [0.25, 0.3) is 10.9 Å². The maximum Gasteiger partial charge on any atom is 0.290 e. The van der Waals surface area contributed by atoms with Gasteiger partial charge in [-0.2, -0.15) is 0 Å². The third kappa shape index (κ3) is 2.80. The molecule has 6 nitrogen and oxygen atoms in total. The quantitative estimate of drug-likeness (QED) is 0.877. The Morgan fingerprint density at radius 3 is 3.00 bits per heavy atom. The number of amidine groups is 1. The van der Waals surface area contributed by atoms with Gasteiger partial charge in [0.05, 0.1) is 11.3 Å². The van der Waals surface area contributed by atoms with E-state index in [-0.39, 0.29) is 5.91 Å². The number of fused-ring (bicyclic) bond motifs is 1. The fraction of sp³-hybridized carbons (Fsp3) is 0.200. The first-order chi connectivity index (χ1) is 10.7. The molecule has 0 bridgehead atoms. The SMILES string of the molecule is CCN1C(=O)CS/C1=N\NC(=O)c1ccc2ccccc2n1. The molecule has 1 aliphatic rings. The Kier molecular flexibility index (Phi) is 4.06. The van der Waals surface area contributed by atoms with Crippen molar-refractivity contribution in [3.8, 4) is 0 Å². The summed E-state index contributed by atoms with van der Waals surface area (Å²) in [6.45, 7) is 2.40. The van der Waals surface area contributed by atoms with Crippen molar-refractivity contribution in [2.24, 2.45) is 5.10 Å². The number of nitrogens with zero attached hydrogens (tertiary/aromatic N) is 3. The van der Waals surface area contributed by atoms with Gasteiger partial charge in [-0.05, 0) is 19.1 Å². The number of rotatable bonds is 3. The molecule has 0 unspecified atom stereocenters. The summed E-state index contributed by atoms with van der Waals surface area (Å²) in [5.41, 5.74) is 3.51. The van der Waals surface area contributed by atoms with Crippen molar-refractivity contribution in [1.29, 1.82) is 0 Å². The van der Waals surface area contributed by atoms with E-state index in [0.29, 0.717) is 23.2 Å². The Bertz CT molecular complexity index is 775. The van der Waals surface area contributed by atoms with Gasteiger partial charge in [-0.3, -0.25) is 14.5 Å². The van der Waals surface area contributed by atoms with E-state index in [4.69, 9.17) is 0 Å². The van der Waals surface area contributed by atoms with Gasteiger partial charge < -0.3 is 0 Å². The van der Waals surface area contributed by atoms with E-state index in [1.165, 1.54) is 11.8 Å². The highest BCUT2D eigenvalue weighted by atomic mass is 32.2. The summed E-state index contributed by atoms with van der Waals surface area (Å²) >= 11 is 1.31. The minimum atomic E-state index is -0.394. The maximum absolute atomic E-state index is 12.1. The molecule has 0 saturated carbocycles. The van der Waals surface area contributed by atoms with Gasteiger partial charge in [0.1, 0.15) is 5.69 Å². The average Bonchev–Trinajstić information content (AvgIpc) is 2.92. The van der Waals surface area contributed by atoms with Crippen LogP contribution >= 0.6 is 11.8 Å². The molecule has 1 saturated heterocycles. The summed E-state index contributed by atoms with van der Waals surface area (Å²) in [5, 5.41) is 5.51. The second-order valence-electron chi connectivity index (χ2n) is 4.65. The maximum atomic E-state index is 12.1. The second-order valence-corrected chi connectivity index (χ2v) is 5.59. The van der Waals surface area contributed by atoms with Crippen molar-refractivity contribution in [1.82, 2.24) is 15.3 Å². The third-order valence-electron chi connectivity index (χ3n) is 3.26. The Balaban J connectivity index is 1.77. The molecule has 2 amide bonds. The minimum Gasteiger partial charge on any atom is -0.289 e. The Morgan fingerprint density at radius 2 is 2.18 bits per heavy atom. The van der Waals surface area contributed by atoms with Gasteiger partial charge in [0.2, 0.25) is 5.91 Å². The van der Waals surface area contributed by atoms with Crippen LogP contribution in [-0.4, -0.2) is 39.2 Å². The van der Waals surface area contributed by atoms with Gasteiger partial charge in [0.15, 0.2) is 5.17 Å². The first-order valence-corrected chi connectivity index (χ1v) is 7.84. The molecule has 2 heterocycles. The van der Waals surface area contributed by atoms with Crippen LogP contribution in [0.4, 0.5) is 0 Å². The molecular weight excluding hydrogens is 300 g/mol. The van der Waals surface area contributed by atoms with Crippen molar-refractivity contribution < 1.29 is 9.59 Å². The standard InChI is InChI=1S/C15H14N4O2S/c1-2-19-13(20)9-22-15(19)18-17-14(21)12-8-7-10-5-3-4-6-11(10)16-12/h3-8H,2,9H2,1H3,(H,17,21)/b18-15-. The minimum absolute atomic E-state index is 0.00401. The third-order valence-corrected chi connectivity index (χ3v) is 4.22. The lowest BCUT2D eigenvalue weighted by Gasteiger charge is -2.12. The highest BCUT2D eigenvalue weighted by Gasteiger charge is 2.26. The van der Waals surface area contributed by atoms with Crippen LogP contribution in [0.15, 0.2) is 41.5 Å². The summed E-state index contributed by atoms with van der Waals surface area (Å²) in [6, 6.07) is 11.1. The zero-order valence-corrected chi connectivity index (χ0v) is 12.8. The molecule has 1 N–H and O–H groups in total. The molecule has 1 aromatic carbocycles. The van der Waals surface area contributed by atoms with E-state index in [2.05, 4.69) is 15.5 Å². The number of benzene rings is 1. The predicted molar refractivity (Wildman–Crippen MR) is 86.5 cm³/mol. The first-order valence-electron chi connectivity index (χ1n) is 6.86. The summed E-state index contributed by atoms with van der Waals surface area (Å²) in [5.74, 6) is -0.0323. The number of hydrogen-bond acceptors (Lipinski definition) is 5. The molecule has 3 rings (SSSR count). The molecule has 2 aromatic rings. The average molecular weight is 314 g/mol. The summed E-state index contributed by atoms with van der Waals surface area (Å²) in [6.07, 6.45) is 0. The van der Waals surface area contributed by atoms with Gasteiger partial charge in [-0.15, -0.1) is 5.10 Å². The molecule has 112 valence electrons. The summed E-state index contributed by atoms with van der Waals surface area (Å²) < 4.78 is 0. The van der Waals surface area contributed by atoms with Crippen molar-refractivity contribution >= 4 is 39.6 Å². The van der Waals surface area contributed by atoms with Crippen LogP contribution in [0.2, 0.25) is 0 Å². The van der Waals surface area contributed by atoms with Crippen LogP contribution in [0.1, 0.15) is 17.4 Å². The van der Waals surface area contributed by atoms with E-state index in [0.717, 1.165) is 10.9 Å². The molecule has 0 atom stereocenters. The number of para-hydroxylation sites is 1. The number of carbonyl (C=O) groups is 2. The smallest absolute Gasteiger partial charge is 0.289 e. The molecule has 1 aromatic heterocycles. The predicted octanol–water partition coefficient (Wildman–Crippen LogP) is 1.83. The largest absolute Gasteiger partial charge is 0.290 e. The lowest BCUT2D eigenvalue weighted by atomic mass is 10.2. The van der Waals surface area contributed by atoms with E-state index in [1.807, 2.05) is 37.3 Å². The number of thioether (sulfide) groups is 1. The van der Waals surface area contributed by atoms with E-state index < -0.39 is 5.91 Å². The lowest BCUT2D eigenvalue weighted by Crippen LogP contribution is -2.31. The first kappa shape index (κ1) is 14.5. The molecule has 1 aliphatic heterocycles. The summed E-state index contributed by atoms with van der Waals surface area (Å²) in [7, 11) is 0. The fourth-order valence-corrected chi connectivity index (χ4v) is 3.05. The number of aromatic nitrogens is 1. The highest BCUT2D eigenvalue weighted by Crippen LogP contribution is 2.18. The Morgan fingerprint density at radius 1 is 1.36 bits per heavy atom. The van der Waals surface area contributed by atoms with Gasteiger partial charge in [0, 0.05) is 11.9 Å². The molecular formula is C15H14N4O2S. The van der Waals surface area contributed by atoms with Gasteiger partial charge >= 0.3 is 0 Å². The molecule has 0 spiro atoms. The van der Waals surface area contributed by atoms with Gasteiger partial charge in [-0.1, -0.05) is 36.0 Å². The van der Waals surface area contributed by atoms with Crippen molar-refractivity contribution in [2.45, 2.75) is 6.92 Å². The van der Waals surface area contributed by atoms with Crippen molar-refractivity contribution in [3.05, 3.63) is 42.1 Å². The van der Waals surface area contributed by atoms with Crippen LogP contribution in [0, 0.1) is 0 Å². The van der Waals surface area contributed by atoms with Gasteiger partial charge in [0.25, 0.3) is 5.91 Å². The van der Waals surface area contributed by atoms with Crippen LogP contribution in [0.5, 0.6) is 0 Å². The topological polar surface area (TPSA) is 74.7 Å². The van der Waals surface area contributed by atoms with Crippen molar-refractivity contribution in [2.75, 3.05) is 12.3 Å². The molecule has 1 fully saturated rings. The van der Waals surface area contributed by atoms with E-state index in [1.54, 1.807) is 11.0 Å². The number of hydrogen-bond donors (Lipinski definition) is 1. The number of hydrazone groups is 1. The number of pyridine rings is 1. The van der Waals surface area contributed by atoms with Crippen LogP contribution < -0.4 is 5.43 Å². The molecule has 0 radical (unpaired) electrons. The van der Waals surface area contributed by atoms with Crippen LogP contribution in [-0.2, 0) is 4.79 Å². The number of nitrogens with one attached hydrogen (secondary N) is 1. The molecule has 0 aliphatic carbocycles. The molecule has 22 heavy (non-hydrogen) atoms. The summed E-state index contributed by atoms with van der Waals surface area (Å²) in [4.78, 5) is 29.6.